The molecule has 2 aliphatic heterocycles. The minimum absolute atomic E-state index is 0.0879. The van der Waals surface area contributed by atoms with Crippen LogP contribution in [-0.4, -0.2) is 41.7 Å². The summed E-state index contributed by atoms with van der Waals surface area (Å²) in [5, 5.41) is 2.31. The Morgan fingerprint density at radius 3 is 2.29 bits per heavy atom. The summed E-state index contributed by atoms with van der Waals surface area (Å²) in [6, 6.07) is 10.6. The molecule has 2 spiro atoms. The van der Waals surface area contributed by atoms with E-state index in [4.69, 9.17) is 14.3 Å². The number of hydroxylamine groups is 2. The van der Waals surface area contributed by atoms with Crippen LogP contribution < -0.4 is 0 Å². The molecule has 0 atom stereocenters. The highest BCUT2D eigenvalue weighted by atomic mass is 16.7. The number of rotatable bonds is 6. The van der Waals surface area contributed by atoms with Crippen molar-refractivity contribution in [1.29, 1.82) is 0 Å². The molecule has 4 rings (SSSR count). The Morgan fingerprint density at radius 1 is 0.968 bits per heavy atom. The van der Waals surface area contributed by atoms with Gasteiger partial charge in [0.05, 0.1) is 25.4 Å². The quantitative estimate of drug-likeness (QED) is 0.516. The highest BCUT2D eigenvalue weighted by molar-refractivity contribution is 5.14. The molecular formula is C27H41NO3. The van der Waals surface area contributed by atoms with E-state index in [9.17, 15) is 0 Å². The minimum Gasteiger partial charge on any atom is -0.349 e. The highest BCUT2D eigenvalue weighted by Crippen LogP contribution is 2.52. The van der Waals surface area contributed by atoms with Crippen LogP contribution in [0.2, 0.25) is 0 Å². The molecule has 0 aromatic heterocycles. The van der Waals surface area contributed by atoms with Crippen molar-refractivity contribution in [3.05, 3.63) is 48.0 Å². The van der Waals surface area contributed by atoms with Gasteiger partial charge in [0.1, 0.15) is 0 Å². The smallest absolute Gasteiger partial charge is 0.172 e. The fourth-order valence-electron chi connectivity index (χ4n) is 6.07. The molecule has 2 heterocycles. The Labute approximate surface area is 188 Å². The molecule has 0 N–H and O–H groups in total. The molecular weight excluding hydrogens is 386 g/mol. The summed E-state index contributed by atoms with van der Waals surface area (Å²) in [5.74, 6) is -0.499. The van der Waals surface area contributed by atoms with Crippen molar-refractivity contribution >= 4 is 0 Å². The average molecular weight is 428 g/mol. The summed E-state index contributed by atoms with van der Waals surface area (Å²) < 4.78 is 13.4. The van der Waals surface area contributed by atoms with Gasteiger partial charge in [-0.15, -0.1) is 0 Å². The van der Waals surface area contributed by atoms with E-state index < -0.39 is 5.79 Å². The van der Waals surface area contributed by atoms with Crippen molar-refractivity contribution in [3.63, 3.8) is 0 Å². The molecule has 1 aromatic rings. The second kappa shape index (κ2) is 8.97. The van der Waals surface area contributed by atoms with Crippen LogP contribution >= 0.6 is 0 Å². The van der Waals surface area contributed by atoms with Crippen LogP contribution in [0.1, 0.15) is 78.2 Å². The molecule has 0 amide bonds. The number of hydrogen-bond donors (Lipinski definition) is 0. The maximum absolute atomic E-state index is 6.68. The van der Waals surface area contributed by atoms with Crippen LogP contribution in [0.25, 0.3) is 0 Å². The minimum atomic E-state index is -0.499. The van der Waals surface area contributed by atoms with Gasteiger partial charge in [0.15, 0.2) is 5.79 Å². The van der Waals surface area contributed by atoms with Gasteiger partial charge >= 0.3 is 0 Å². The predicted octanol–water partition coefficient (Wildman–Crippen LogP) is 6.06. The highest BCUT2D eigenvalue weighted by Gasteiger charge is 2.59. The summed E-state index contributed by atoms with van der Waals surface area (Å²) in [7, 11) is 0. The summed E-state index contributed by atoms with van der Waals surface area (Å²) in [5.41, 5.74) is 1.24. The van der Waals surface area contributed by atoms with Crippen LogP contribution in [0, 0.1) is 5.41 Å². The summed E-state index contributed by atoms with van der Waals surface area (Å²) in [6.07, 6.45) is 12.6. The molecule has 2 saturated heterocycles. The zero-order valence-corrected chi connectivity index (χ0v) is 20.0. The van der Waals surface area contributed by atoms with Crippen molar-refractivity contribution < 1.29 is 14.3 Å². The third-order valence-corrected chi connectivity index (χ3v) is 7.89. The van der Waals surface area contributed by atoms with E-state index in [1.165, 1.54) is 12.0 Å². The summed E-state index contributed by atoms with van der Waals surface area (Å²) >= 11 is 0. The second-order valence-electron chi connectivity index (χ2n) is 10.7. The third kappa shape index (κ3) is 4.64. The molecule has 172 valence electrons. The molecule has 4 nitrogen and oxygen atoms in total. The Bertz CT molecular complexity index is 745. The van der Waals surface area contributed by atoms with E-state index in [0.717, 1.165) is 58.2 Å². The fourth-order valence-corrected chi connectivity index (χ4v) is 6.07. The number of benzene rings is 1. The normalized spacial score (nSPS) is 26.3. The van der Waals surface area contributed by atoms with Crippen LogP contribution in [-0.2, 0) is 20.7 Å². The summed E-state index contributed by atoms with van der Waals surface area (Å²) in [6.45, 7) is 11.5. The molecule has 1 aromatic carbocycles. The zero-order chi connectivity index (χ0) is 22.0. The lowest BCUT2D eigenvalue weighted by molar-refractivity contribution is -0.388. The van der Waals surface area contributed by atoms with Gasteiger partial charge in [-0.2, -0.15) is 5.06 Å². The number of ether oxygens (including phenoxy) is 2. The van der Waals surface area contributed by atoms with E-state index in [1.54, 1.807) is 0 Å². The fraction of sp³-hybridized carbons (Fsp3) is 0.704. The van der Waals surface area contributed by atoms with Gasteiger partial charge in [0.25, 0.3) is 0 Å². The van der Waals surface area contributed by atoms with Gasteiger partial charge in [-0.1, -0.05) is 56.3 Å². The van der Waals surface area contributed by atoms with Crippen LogP contribution in [0.5, 0.6) is 0 Å². The van der Waals surface area contributed by atoms with Gasteiger partial charge < -0.3 is 9.47 Å². The lowest BCUT2D eigenvalue weighted by atomic mass is 9.71. The van der Waals surface area contributed by atoms with Crippen molar-refractivity contribution in [2.75, 3.05) is 19.8 Å². The Hall–Kier alpha value is -1.20. The van der Waals surface area contributed by atoms with Gasteiger partial charge in [-0.3, -0.25) is 4.84 Å². The average Bonchev–Trinajstić information content (AvgIpc) is 2.78. The number of piperidine rings is 1. The molecule has 0 radical (unpaired) electrons. The van der Waals surface area contributed by atoms with Gasteiger partial charge in [0.2, 0.25) is 0 Å². The van der Waals surface area contributed by atoms with E-state index in [0.29, 0.717) is 6.61 Å². The maximum atomic E-state index is 6.68. The van der Waals surface area contributed by atoms with E-state index in [-0.39, 0.29) is 16.5 Å². The molecule has 0 unspecified atom stereocenters. The van der Waals surface area contributed by atoms with Gasteiger partial charge in [-0.25, -0.2) is 0 Å². The summed E-state index contributed by atoms with van der Waals surface area (Å²) in [4.78, 5) is 6.56. The van der Waals surface area contributed by atoms with Crippen LogP contribution in [0.15, 0.2) is 42.5 Å². The predicted molar refractivity (Wildman–Crippen MR) is 125 cm³/mol. The van der Waals surface area contributed by atoms with Gasteiger partial charge in [-0.05, 0) is 57.9 Å². The Balaban J connectivity index is 1.48. The number of nitrogens with zero attached hydrogens (tertiary/aromatic N) is 1. The third-order valence-electron chi connectivity index (χ3n) is 7.89. The van der Waals surface area contributed by atoms with Crippen molar-refractivity contribution in [2.45, 2.75) is 95.9 Å². The number of allylic oxidation sites excluding steroid dienone is 2. The molecule has 3 aliphatic rings. The van der Waals surface area contributed by atoms with Crippen molar-refractivity contribution in [2.24, 2.45) is 5.41 Å². The van der Waals surface area contributed by atoms with Crippen molar-refractivity contribution in [3.8, 4) is 0 Å². The molecule has 4 heteroatoms. The standard InChI is InChI=1S/C27H41NO3/c1-5-26(6-2)20-27(29-21-25(22-30-27)16-11-8-12-17-25)19-24(3,4)28(26)31-18-15-23-13-9-7-10-14-23/h7-11,13-14H,5-6,12,15-22H2,1-4H3. The second-order valence-corrected chi connectivity index (χ2v) is 10.7. The first kappa shape index (κ1) is 23.0. The van der Waals surface area contributed by atoms with Gasteiger partial charge in [0, 0.05) is 23.8 Å². The van der Waals surface area contributed by atoms with E-state index >= 15 is 0 Å². The first-order valence-corrected chi connectivity index (χ1v) is 12.3. The molecule has 0 saturated carbocycles. The molecule has 2 fully saturated rings. The van der Waals surface area contributed by atoms with E-state index in [2.05, 4.69) is 75.2 Å². The Kier molecular flexibility index (Phi) is 6.65. The molecule has 31 heavy (non-hydrogen) atoms. The largest absolute Gasteiger partial charge is 0.349 e. The van der Waals surface area contributed by atoms with E-state index in [1.807, 2.05) is 0 Å². The SMILES string of the molecule is CCC1(CC)CC2(CC(C)(C)N1OCCc1ccccc1)OCC1(CC=CCC1)CO2. The topological polar surface area (TPSA) is 30.9 Å². The lowest BCUT2D eigenvalue weighted by Gasteiger charge is -2.61. The first-order valence-electron chi connectivity index (χ1n) is 12.3. The monoisotopic (exact) mass is 427 g/mol. The molecule has 0 bridgehead atoms. The Morgan fingerprint density at radius 2 is 1.68 bits per heavy atom. The molecule has 1 aliphatic carbocycles. The van der Waals surface area contributed by atoms with Crippen molar-refractivity contribution in [1.82, 2.24) is 5.06 Å². The maximum Gasteiger partial charge on any atom is 0.172 e. The zero-order valence-electron chi connectivity index (χ0n) is 20.0. The first-order chi connectivity index (χ1) is 14.9. The van der Waals surface area contributed by atoms with Crippen LogP contribution in [0.3, 0.4) is 0 Å². The van der Waals surface area contributed by atoms with Crippen LogP contribution in [0.4, 0.5) is 0 Å². The lowest BCUT2D eigenvalue weighted by Crippen LogP contribution is -2.69. The number of hydrogen-bond acceptors (Lipinski definition) is 4.